The highest BCUT2D eigenvalue weighted by molar-refractivity contribution is 5.97. The fraction of sp³-hybridized carbons (Fsp3) is 0.735. The minimum absolute atomic E-state index is 0.00103. The topological polar surface area (TPSA) is 145 Å². The number of ether oxygens (including phenoxy) is 4. The van der Waals surface area contributed by atoms with Crippen molar-refractivity contribution >= 4 is 17.7 Å². The standard InChI is InChI=1S/C34H42O10/c1-5-7-18(16-35)14-20-19(9-13-40-20)26-30(4)12-8-21-31(34(30)27(44-34)28(39)42-26)10-6-11-33(25(38)24(31)37)29(2,3)43-22-15-23(36)41-17-32(21,22)33/h6,9,11,13,18,21-22,24,26-27,35,37H,5,7-8,10,12,14-17H2,1-4H3/t18-,21-,22-,24+,26-,27+,30-,31-,32-,33+,34+/m0/s1. The number of Topliss-reactive ketones (excluding diaryl/α,β-unsaturated/α-hetero) is 1. The minimum Gasteiger partial charge on any atom is -0.469 e. The lowest BCUT2D eigenvalue weighted by Crippen LogP contribution is -2.79. The van der Waals surface area contributed by atoms with Crippen LogP contribution >= 0.6 is 0 Å². The molecule has 9 rings (SSSR count). The Morgan fingerprint density at radius 2 is 1.89 bits per heavy atom. The molecule has 0 radical (unpaired) electrons. The third kappa shape index (κ3) is 2.88. The van der Waals surface area contributed by atoms with E-state index in [1.54, 1.807) is 6.26 Å². The van der Waals surface area contributed by atoms with Crippen LogP contribution < -0.4 is 0 Å². The van der Waals surface area contributed by atoms with E-state index in [1.165, 1.54) is 0 Å². The van der Waals surface area contributed by atoms with Crippen molar-refractivity contribution in [3.63, 3.8) is 0 Å². The molecule has 6 fully saturated rings. The summed E-state index contributed by atoms with van der Waals surface area (Å²) in [5.41, 5.74) is -5.60. The fourth-order valence-corrected chi connectivity index (χ4v) is 11.7. The highest BCUT2D eigenvalue weighted by atomic mass is 16.7. The Balaban J connectivity index is 1.30. The normalized spacial score (nSPS) is 48.2. The van der Waals surface area contributed by atoms with Crippen LogP contribution in [0.2, 0.25) is 0 Å². The molecule has 238 valence electrons. The maximum absolute atomic E-state index is 14.9. The monoisotopic (exact) mass is 610 g/mol. The second-order valence-corrected chi connectivity index (χ2v) is 15.1. The number of esters is 2. The molecule has 0 unspecified atom stereocenters. The van der Waals surface area contributed by atoms with E-state index in [2.05, 4.69) is 13.8 Å². The van der Waals surface area contributed by atoms with Gasteiger partial charge in [-0.25, -0.2) is 4.79 Å². The first-order chi connectivity index (χ1) is 20.9. The number of furan rings is 1. The van der Waals surface area contributed by atoms with Gasteiger partial charge in [0.2, 0.25) is 0 Å². The van der Waals surface area contributed by atoms with Crippen LogP contribution in [0.4, 0.5) is 0 Å². The fourth-order valence-electron chi connectivity index (χ4n) is 11.7. The molecule has 2 bridgehead atoms. The Kier molecular flexibility index (Phi) is 5.81. The van der Waals surface area contributed by atoms with Crippen LogP contribution in [0.15, 0.2) is 28.9 Å². The van der Waals surface area contributed by atoms with Crippen LogP contribution in [0.1, 0.15) is 83.6 Å². The van der Waals surface area contributed by atoms with E-state index in [-0.39, 0.29) is 43.2 Å². The van der Waals surface area contributed by atoms with Crippen LogP contribution in [-0.4, -0.2) is 70.7 Å². The number of aliphatic hydroxyl groups is 2. The van der Waals surface area contributed by atoms with Crippen LogP contribution in [-0.2, 0) is 39.8 Å². The number of rotatable bonds is 6. The van der Waals surface area contributed by atoms with E-state index in [1.807, 2.05) is 32.1 Å². The number of hydrogen-bond donors (Lipinski definition) is 2. The van der Waals surface area contributed by atoms with Gasteiger partial charge in [0.15, 0.2) is 11.9 Å². The van der Waals surface area contributed by atoms with E-state index < -0.39 is 63.2 Å². The lowest BCUT2D eigenvalue weighted by Gasteiger charge is -2.68. The van der Waals surface area contributed by atoms with Gasteiger partial charge >= 0.3 is 11.9 Å². The second kappa shape index (κ2) is 8.84. The number of ketones is 1. The third-order valence-corrected chi connectivity index (χ3v) is 13.3. The molecule has 5 heterocycles. The lowest BCUT2D eigenvalue weighted by atomic mass is 9.33. The van der Waals surface area contributed by atoms with Crippen molar-refractivity contribution < 1.29 is 48.0 Å². The molecule has 4 aliphatic heterocycles. The van der Waals surface area contributed by atoms with E-state index in [0.717, 1.165) is 18.4 Å². The highest BCUT2D eigenvalue weighted by Crippen LogP contribution is 2.84. The molecule has 10 nitrogen and oxygen atoms in total. The molecule has 1 aromatic rings. The highest BCUT2D eigenvalue weighted by Gasteiger charge is 2.94. The van der Waals surface area contributed by atoms with Gasteiger partial charge in [-0.15, -0.1) is 0 Å². The average Bonchev–Trinajstić information content (AvgIpc) is 3.61. The predicted octanol–water partition coefficient (Wildman–Crippen LogP) is 3.37. The summed E-state index contributed by atoms with van der Waals surface area (Å²) in [6.45, 7) is 7.90. The van der Waals surface area contributed by atoms with Gasteiger partial charge in [0, 0.05) is 29.4 Å². The number of carbonyl (C=O) groups is 3. The van der Waals surface area contributed by atoms with Gasteiger partial charge in [-0.3, -0.25) is 9.59 Å². The summed E-state index contributed by atoms with van der Waals surface area (Å²) in [6.07, 6.45) is 5.56. The first kappa shape index (κ1) is 28.9. The molecule has 11 atom stereocenters. The van der Waals surface area contributed by atoms with Gasteiger partial charge in [-0.1, -0.05) is 32.4 Å². The summed E-state index contributed by atoms with van der Waals surface area (Å²) in [7, 11) is 0. The van der Waals surface area contributed by atoms with Gasteiger partial charge in [-0.2, -0.15) is 0 Å². The molecule has 44 heavy (non-hydrogen) atoms. The van der Waals surface area contributed by atoms with Crippen LogP contribution in [0.3, 0.4) is 0 Å². The molecule has 8 aliphatic rings. The Labute approximate surface area is 256 Å². The van der Waals surface area contributed by atoms with Gasteiger partial charge in [0.25, 0.3) is 0 Å². The van der Waals surface area contributed by atoms with Gasteiger partial charge in [0.1, 0.15) is 30.2 Å². The largest absolute Gasteiger partial charge is 0.469 e. The van der Waals surface area contributed by atoms with Crippen LogP contribution in [0.25, 0.3) is 0 Å². The third-order valence-electron chi connectivity index (χ3n) is 13.3. The maximum atomic E-state index is 14.9. The van der Waals surface area contributed by atoms with Crippen LogP contribution in [0.5, 0.6) is 0 Å². The Morgan fingerprint density at radius 3 is 2.64 bits per heavy atom. The number of cyclic esters (lactones) is 2. The Bertz CT molecular complexity index is 1480. The number of carbonyl (C=O) groups excluding carboxylic acids is 3. The smallest absolute Gasteiger partial charge is 0.339 e. The van der Waals surface area contributed by atoms with Crippen molar-refractivity contribution in [1.82, 2.24) is 0 Å². The van der Waals surface area contributed by atoms with Crippen molar-refractivity contribution in [2.24, 2.45) is 33.5 Å². The molecule has 0 aromatic carbocycles. The molecule has 2 saturated carbocycles. The molecule has 4 spiro atoms. The zero-order chi connectivity index (χ0) is 31.1. The van der Waals surface area contributed by atoms with Crippen LogP contribution in [0, 0.1) is 33.5 Å². The average molecular weight is 611 g/mol. The molecular weight excluding hydrogens is 568 g/mol. The minimum atomic E-state index is -1.43. The Hall–Kier alpha value is -2.53. The SMILES string of the molecule is CCC[C@H](CO)Cc1occc1[C@@H]1OC(=O)[C@H]2O[C@]23[C@]24CC=C[C@@]5(C(=O)[C@H]2O)C(C)(C)O[C@H]2CC(=O)OC[C@]25[C@H]4CC[C@@]13C. The molecule has 4 aliphatic carbocycles. The van der Waals surface area contributed by atoms with E-state index >= 15 is 0 Å². The van der Waals surface area contributed by atoms with Crippen molar-refractivity contribution in [3.05, 3.63) is 35.8 Å². The summed E-state index contributed by atoms with van der Waals surface area (Å²) in [5, 5.41) is 22.5. The molecule has 2 N–H and O–H groups in total. The summed E-state index contributed by atoms with van der Waals surface area (Å²) in [6, 6.07) is 1.84. The zero-order valence-corrected chi connectivity index (χ0v) is 25.8. The number of epoxide rings is 1. The van der Waals surface area contributed by atoms with Crippen molar-refractivity contribution in [2.45, 2.75) is 108 Å². The van der Waals surface area contributed by atoms with E-state index in [0.29, 0.717) is 31.4 Å². The summed E-state index contributed by atoms with van der Waals surface area (Å²) in [5.74, 6) is -0.913. The van der Waals surface area contributed by atoms with E-state index in [9.17, 15) is 24.6 Å². The Morgan fingerprint density at radius 1 is 1.09 bits per heavy atom. The first-order valence-electron chi connectivity index (χ1n) is 16.2. The zero-order valence-electron chi connectivity index (χ0n) is 25.8. The predicted molar refractivity (Wildman–Crippen MR) is 152 cm³/mol. The van der Waals surface area contributed by atoms with Crippen molar-refractivity contribution in [2.75, 3.05) is 13.2 Å². The molecule has 1 aromatic heterocycles. The summed E-state index contributed by atoms with van der Waals surface area (Å²) < 4.78 is 31.3. The van der Waals surface area contributed by atoms with E-state index in [4.69, 9.17) is 23.4 Å². The molecule has 0 amide bonds. The summed E-state index contributed by atoms with van der Waals surface area (Å²) >= 11 is 0. The quantitative estimate of drug-likeness (QED) is 0.279. The number of fused-ring (bicyclic) bond motifs is 2. The first-order valence-corrected chi connectivity index (χ1v) is 16.2. The molecular formula is C34H42O10. The maximum Gasteiger partial charge on any atom is 0.339 e. The lowest BCUT2D eigenvalue weighted by molar-refractivity contribution is -0.262. The number of hydrogen-bond acceptors (Lipinski definition) is 10. The van der Waals surface area contributed by atoms with Gasteiger partial charge in [0.05, 0.1) is 35.2 Å². The number of allylic oxidation sites excluding steroid dienone is 1. The molecule has 10 heteroatoms. The molecule has 4 saturated heterocycles. The second-order valence-electron chi connectivity index (χ2n) is 15.1. The van der Waals surface area contributed by atoms with Gasteiger partial charge in [-0.05, 0) is 57.4 Å². The number of aliphatic hydroxyl groups excluding tert-OH is 2. The van der Waals surface area contributed by atoms with Crippen molar-refractivity contribution in [1.29, 1.82) is 0 Å². The van der Waals surface area contributed by atoms with Crippen molar-refractivity contribution in [3.8, 4) is 0 Å². The van der Waals surface area contributed by atoms with Gasteiger partial charge < -0.3 is 33.6 Å². The summed E-state index contributed by atoms with van der Waals surface area (Å²) in [4.78, 5) is 41.3.